The van der Waals surface area contributed by atoms with E-state index in [1.54, 1.807) is 16.8 Å². The molecule has 0 saturated heterocycles. The van der Waals surface area contributed by atoms with Crippen molar-refractivity contribution < 1.29 is 13.2 Å². The van der Waals surface area contributed by atoms with Crippen molar-refractivity contribution in [1.29, 1.82) is 0 Å². The van der Waals surface area contributed by atoms with Crippen LogP contribution in [0.4, 0.5) is 5.82 Å². The zero-order valence-corrected chi connectivity index (χ0v) is 19.2. The van der Waals surface area contributed by atoms with Crippen molar-refractivity contribution in [2.75, 3.05) is 5.32 Å². The first-order chi connectivity index (χ1) is 15.8. The Morgan fingerprint density at radius 3 is 2.30 bits per heavy atom. The molecule has 1 aliphatic rings. The molecule has 1 amide bonds. The molecule has 166 valence electrons. The summed E-state index contributed by atoms with van der Waals surface area (Å²) in [6.07, 6.45) is 0. The van der Waals surface area contributed by atoms with Gasteiger partial charge in [-0.3, -0.25) is 4.79 Å². The Morgan fingerprint density at radius 2 is 1.61 bits per heavy atom. The van der Waals surface area contributed by atoms with Crippen LogP contribution in [0.15, 0.2) is 72.8 Å². The van der Waals surface area contributed by atoms with Crippen molar-refractivity contribution in [2.45, 2.75) is 25.4 Å². The minimum absolute atomic E-state index is 0.116. The summed E-state index contributed by atoms with van der Waals surface area (Å²) in [7, 11) is -3.26. The summed E-state index contributed by atoms with van der Waals surface area (Å²) in [6, 6.07) is 23.2. The number of aromatic nitrogens is 2. The fourth-order valence-corrected chi connectivity index (χ4v) is 5.71. The van der Waals surface area contributed by atoms with Crippen molar-refractivity contribution >= 4 is 21.6 Å². The summed E-state index contributed by atoms with van der Waals surface area (Å²) in [4.78, 5) is 13.1. The van der Waals surface area contributed by atoms with Crippen LogP contribution >= 0.6 is 0 Å². The fraction of sp³-hybridized carbons (Fsp3) is 0.154. The van der Waals surface area contributed by atoms with Gasteiger partial charge in [-0.25, -0.2) is 13.1 Å². The summed E-state index contributed by atoms with van der Waals surface area (Å²) in [6.45, 7) is 3.98. The molecule has 2 heterocycles. The van der Waals surface area contributed by atoms with E-state index >= 15 is 0 Å². The van der Waals surface area contributed by atoms with Crippen LogP contribution in [-0.4, -0.2) is 24.1 Å². The van der Waals surface area contributed by atoms with Gasteiger partial charge in [-0.1, -0.05) is 60.2 Å². The van der Waals surface area contributed by atoms with Crippen molar-refractivity contribution in [3.8, 4) is 16.8 Å². The lowest BCUT2D eigenvalue weighted by atomic mass is 10.0. The van der Waals surface area contributed by atoms with E-state index in [1.165, 1.54) is 0 Å². The predicted molar refractivity (Wildman–Crippen MR) is 129 cm³/mol. The van der Waals surface area contributed by atoms with Gasteiger partial charge in [-0.05, 0) is 48.7 Å². The number of hydrogen-bond donors (Lipinski definition) is 1. The molecule has 1 aliphatic heterocycles. The summed E-state index contributed by atoms with van der Waals surface area (Å²) in [5.41, 5.74) is 6.53. The minimum Gasteiger partial charge on any atom is -0.306 e. The molecule has 0 spiro atoms. The molecule has 1 N–H and O–H groups in total. The Bertz CT molecular complexity index is 1470. The molecule has 0 unspecified atom stereocenters. The summed E-state index contributed by atoms with van der Waals surface area (Å²) in [5.74, 6) is -0.146. The van der Waals surface area contributed by atoms with Crippen LogP contribution in [0.25, 0.3) is 16.8 Å². The highest BCUT2D eigenvalue weighted by atomic mass is 32.2. The standard InChI is InChI=1S/C26H23N3O3S/c1-17-8-13-24(18(2)14-17)29-25(22-15-33(31,32)16-23(22)28-29)27-26(30)21-11-9-20(10-12-21)19-6-4-3-5-7-19/h3-14H,15-16H2,1-2H3,(H,27,30). The zero-order chi connectivity index (χ0) is 23.2. The Labute approximate surface area is 192 Å². The third-order valence-electron chi connectivity index (χ3n) is 5.85. The van der Waals surface area contributed by atoms with Crippen LogP contribution < -0.4 is 5.32 Å². The number of benzene rings is 3. The number of rotatable bonds is 4. The van der Waals surface area contributed by atoms with Gasteiger partial charge in [0.05, 0.1) is 22.9 Å². The third kappa shape index (κ3) is 4.07. The van der Waals surface area contributed by atoms with E-state index < -0.39 is 9.84 Å². The van der Waals surface area contributed by atoms with E-state index in [2.05, 4.69) is 10.4 Å². The average molecular weight is 458 g/mol. The number of aryl methyl sites for hydroxylation is 2. The molecular weight excluding hydrogens is 434 g/mol. The second-order valence-electron chi connectivity index (χ2n) is 8.41. The zero-order valence-electron chi connectivity index (χ0n) is 18.4. The highest BCUT2D eigenvalue weighted by Crippen LogP contribution is 2.34. The van der Waals surface area contributed by atoms with E-state index in [1.807, 2.05) is 74.5 Å². The lowest BCUT2D eigenvalue weighted by Crippen LogP contribution is -2.17. The van der Waals surface area contributed by atoms with Gasteiger partial charge in [-0.2, -0.15) is 5.10 Å². The number of anilines is 1. The molecule has 0 radical (unpaired) electrons. The summed E-state index contributed by atoms with van der Waals surface area (Å²) in [5, 5.41) is 7.51. The molecule has 0 saturated carbocycles. The Morgan fingerprint density at radius 1 is 0.909 bits per heavy atom. The van der Waals surface area contributed by atoms with E-state index in [4.69, 9.17) is 0 Å². The lowest BCUT2D eigenvalue weighted by molar-refractivity contribution is 0.102. The second kappa shape index (κ2) is 8.01. The van der Waals surface area contributed by atoms with Crippen LogP contribution in [0.5, 0.6) is 0 Å². The Balaban J connectivity index is 1.50. The maximum absolute atomic E-state index is 13.1. The maximum Gasteiger partial charge on any atom is 0.256 e. The second-order valence-corrected chi connectivity index (χ2v) is 10.5. The number of carbonyl (C=O) groups excluding carboxylic acids is 1. The highest BCUT2D eigenvalue weighted by molar-refractivity contribution is 7.90. The van der Waals surface area contributed by atoms with Crippen LogP contribution in [0.3, 0.4) is 0 Å². The van der Waals surface area contributed by atoms with Gasteiger partial charge in [0.1, 0.15) is 5.82 Å². The number of amides is 1. The lowest BCUT2D eigenvalue weighted by Gasteiger charge is -2.14. The normalized spacial score (nSPS) is 14.1. The van der Waals surface area contributed by atoms with Crippen molar-refractivity contribution in [2.24, 2.45) is 0 Å². The number of nitrogens with zero attached hydrogens (tertiary/aromatic N) is 2. The molecule has 0 aliphatic carbocycles. The molecule has 0 fully saturated rings. The molecule has 5 rings (SSSR count). The van der Waals surface area contributed by atoms with Crippen molar-refractivity contribution in [1.82, 2.24) is 9.78 Å². The van der Waals surface area contributed by atoms with Gasteiger partial charge in [0.2, 0.25) is 0 Å². The minimum atomic E-state index is -3.26. The molecule has 4 aromatic rings. The van der Waals surface area contributed by atoms with Gasteiger partial charge >= 0.3 is 0 Å². The highest BCUT2D eigenvalue weighted by Gasteiger charge is 2.33. The third-order valence-corrected chi connectivity index (χ3v) is 7.30. The molecule has 33 heavy (non-hydrogen) atoms. The number of hydrogen-bond acceptors (Lipinski definition) is 4. The van der Waals surface area contributed by atoms with Gasteiger partial charge in [0.15, 0.2) is 9.84 Å². The summed E-state index contributed by atoms with van der Waals surface area (Å²) < 4.78 is 26.1. The molecule has 6 nitrogen and oxygen atoms in total. The molecule has 7 heteroatoms. The first-order valence-electron chi connectivity index (χ1n) is 10.7. The Kier molecular flexibility index (Phi) is 5.13. The smallest absolute Gasteiger partial charge is 0.256 e. The molecular formula is C26H23N3O3S. The summed E-state index contributed by atoms with van der Waals surface area (Å²) >= 11 is 0. The topological polar surface area (TPSA) is 81.1 Å². The molecule has 3 aromatic carbocycles. The van der Waals surface area contributed by atoms with Crippen LogP contribution in [0, 0.1) is 13.8 Å². The number of nitrogens with one attached hydrogen (secondary N) is 1. The van der Waals surface area contributed by atoms with Crippen molar-refractivity contribution in [3.63, 3.8) is 0 Å². The first-order valence-corrected chi connectivity index (χ1v) is 12.5. The van der Waals surface area contributed by atoms with Crippen LogP contribution in [-0.2, 0) is 21.3 Å². The van der Waals surface area contributed by atoms with E-state index in [0.717, 1.165) is 27.9 Å². The monoisotopic (exact) mass is 457 g/mol. The van der Waals surface area contributed by atoms with E-state index in [0.29, 0.717) is 22.6 Å². The Hall–Kier alpha value is -3.71. The fourth-order valence-electron chi connectivity index (χ4n) is 4.21. The SMILES string of the molecule is Cc1ccc(-n2nc3c(c2NC(=O)c2ccc(-c4ccccc4)cc2)CS(=O)(=O)C3)c(C)c1. The van der Waals surface area contributed by atoms with E-state index in [-0.39, 0.29) is 17.4 Å². The maximum atomic E-state index is 13.1. The van der Waals surface area contributed by atoms with Gasteiger partial charge < -0.3 is 5.32 Å². The molecule has 0 atom stereocenters. The van der Waals surface area contributed by atoms with Crippen molar-refractivity contribution in [3.05, 3.63) is 101 Å². The molecule has 1 aromatic heterocycles. The van der Waals surface area contributed by atoms with Gasteiger partial charge in [-0.15, -0.1) is 0 Å². The van der Waals surface area contributed by atoms with Crippen LogP contribution in [0.1, 0.15) is 32.7 Å². The number of carbonyl (C=O) groups is 1. The van der Waals surface area contributed by atoms with Crippen LogP contribution in [0.2, 0.25) is 0 Å². The number of sulfone groups is 1. The van der Waals surface area contributed by atoms with Gasteiger partial charge in [0, 0.05) is 11.1 Å². The molecule has 0 bridgehead atoms. The number of fused-ring (bicyclic) bond motifs is 1. The largest absolute Gasteiger partial charge is 0.306 e. The predicted octanol–water partition coefficient (Wildman–Crippen LogP) is 4.84. The van der Waals surface area contributed by atoms with E-state index in [9.17, 15) is 13.2 Å². The first kappa shape index (κ1) is 21.2. The quantitative estimate of drug-likeness (QED) is 0.476. The van der Waals surface area contributed by atoms with Gasteiger partial charge in [0.25, 0.3) is 5.91 Å². The average Bonchev–Trinajstić information content (AvgIpc) is 3.26.